The van der Waals surface area contributed by atoms with Gasteiger partial charge in [0.15, 0.2) is 0 Å². The molecule has 2 aromatic rings. The van der Waals surface area contributed by atoms with Gasteiger partial charge in [0.2, 0.25) is 10.0 Å². The SMILES string of the molecule is CC1CCCN(S(=O)(=O)c2ccc(Oc3ccc(F)cc3)cc2)C1C(=O)NO. The lowest BCUT2D eigenvalue weighted by molar-refractivity contribution is -0.135. The first kappa shape index (κ1) is 20.2. The van der Waals surface area contributed by atoms with Gasteiger partial charge in [-0.25, -0.2) is 18.3 Å². The van der Waals surface area contributed by atoms with E-state index in [1.807, 2.05) is 0 Å². The minimum atomic E-state index is -3.94. The summed E-state index contributed by atoms with van der Waals surface area (Å²) in [5.41, 5.74) is 1.57. The van der Waals surface area contributed by atoms with Crippen molar-refractivity contribution in [1.29, 1.82) is 0 Å². The summed E-state index contributed by atoms with van der Waals surface area (Å²) < 4.78 is 45.8. The number of rotatable bonds is 5. The second-order valence-corrected chi connectivity index (χ2v) is 8.57. The van der Waals surface area contributed by atoms with Gasteiger partial charge < -0.3 is 4.74 Å². The van der Waals surface area contributed by atoms with Crippen LogP contribution >= 0.6 is 0 Å². The number of carbonyl (C=O) groups is 1. The average molecular weight is 408 g/mol. The van der Waals surface area contributed by atoms with Crippen molar-refractivity contribution in [2.75, 3.05) is 6.54 Å². The summed E-state index contributed by atoms with van der Waals surface area (Å²) in [7, 11) is -3.94. The van der Waals surface area contributed by atoms with E-state index >= 15 is 0 Å². The number of halogens is 1. The van der Waals surface area contributed by atoms with Crippen LogP contribution in [0.4, 0.5) is 4.39 Å². The van der Waals surface area contributed by atoms with Crippen LogP contribution in [-0.4, -0.2) is 36.4 Å². The van der Waals surface area contributed by atoms with E-state index in [1.54, 1.807) is 12.4 Å². The van der Waals surface area contributed by atoms with E-state index in [2.05, 4.69) is 0 Å². The number of benzene rings is 2. The topological polar surface area (TPSA) is 95.9 Å². The number of ether oxygens (including phenoxy) is 1. The lowest BCUT2D eigenvalue weighted by atomic mass is 9.92. The predicted molar refractivity (Wildman–Crippen MR) is 98.9 cm³/mol. The van der Waals surface area contributed by atoms with Crippen LogP contribution < -0.4 is 10.2 Å². The highest BCUT2D eigenvalue weighted by Gasteiger charge is 2.41. The minimum Gasteiger partial charge on any atom is -0.457 e. The van der Waals surface area contributed by atoms with E-state index in [1.165, 1.54) is 48.5 Å². The van der Waals surface area contributed by atoms with Crippen molar-refractivity contribution in [3.8, 4) is 11.5 Å². The van der Waals surface area contributed by atoms with Gasteiger partial charge in [-0.3, -0.25) is 10.0 Å². The Bertz CT molecular complexity index is 932. The molecule has 1 amide bonds. The van der Waals surface area contributed by atoms with Gasteiger partial charge in [0.1, 0.15) is 23.4 Å². The Balaban J connectivity index is 1.82. The molecule has 0 bridgehead atoms. The molecule has 1 saturated heterocycles. The van der Waals surface area contributed by atoms with Crippen LogP contribution in [0.3, 0.4) is 0 Å². The summed E-state index contributed by atoms with van der Waals surface area (Å²) in [6, 6.07) is 10.2. The van der Waals surface area contributed by atoms with Crippen LogP contribution in [0.2, 0.25) is 0 Å². The van der Waals surface area contributed by atoms with Crippen LogP contribution in [0.1, 0.15) is 19.8 Å². The Hall–Kier alpha value is -2.49. The maximum atomic E-state index is 13.1. The maximum absolute atomic E-state index is 13.1. The number of nitrogens with zero attached hydrogens (tertiary/aromatic N) is 1. The second kappa shape index (κ2) is 8.26. The van der Waals surface area contributed by atoms with Gasteiger partial charge in [0, 0.05) is 6.54 Å². The summed E-state index contributed by atoms with van der Waals surface area (Å²) >= 11 is 0. The van der Waals surface area contributed by atoms with E-state index in [-0.39, 0.29) is 23.2 Å². The highest BCUT2D eigenvalue weighted by molar-refractivity contribution is 7.89. The van der Waals surface area contributed by atoms with Crippen molar-refractivity contribution in [2.24, 2.45) is 5.92 Å². The minimum absolute atomic E-state index is 0.0174. The number of hydrogen-bond acceptors (Lipinski definition) is 5. The van der Waals surface area contributed by atoms with Gasteiger partial charge in [0.25, 0.3) is 5.91 Å². The van der Waals surface area contributed by atoms with Crippen molar-refractivity contribution in [1.82, 2.24) is 9.79 Å². The second-order valence-electron chi connectivity index (χ2n) is 6.68. The normalized spacial score (nSPS) is 20.5. The smallest absolute Gasteiger partial charge is 0.262 e. The van der Waals surface area contributed by atoms with Gasteiger partial charge >= 0.3 is 0 Å². The molecule has 3 rings (SSSR count). The summed E-state index contributed by atoms with van der Waals surface area (Å²) in [6.45, 7) is 1.97. The zero-order chi connectivity index (χ0) is 20.3. The molecule has 2 atom stereocenters. The standard InChI is InChI=1S/C19H21FN2O5S/c1-13-3-2-12-22(18(13)19(23)21-24)28(25,26)17-10-8-16(9-11-17)27-15-6-4-14(20)5-7-15/h4-11,13,18,24H,2-3,12H2,1H3,(H,21,23). The van der Waals surface area contributed by atoms with Crippen LogP contribution in [0.5, 0.6) is 11.5 Å². The molecule has 2 unspecified atom stereocenters. The molecule has 0 spiro atoms. The molecule has 9 heteroatoms. The van der Waals surface area contributed by atoms with E-state index < -0.39 is 22.0 Å². The molecular formula is C19H21FN2O5S. The molecule has 1 fully saturated rings. The quantitative estimate of drug-likeness (QED) is 0.586. The maximum Gasteiger partial charge on any atom is 0.262 e. The number of carbonyl (C=O) groups excluding carboxylic acids is 1. The predicted octanol–water partition coefficient (Wildman–Crippen LogP) is 2.91. The fraction of sp³-hybridized carbons (Fsp3) is 0.316. The Kier molecular flexibility index (Phi) is 5.97. The van der Waals surface area contributed by atoms with Gasteiger partial charge in [-0.1, -0.05) is 6.92 Å². The van der Waals surface area contributed by atoms with E-state index in [4.69, 9.17) is 9.94 Å². The number of piperidine rings is 1. The molecular weight excluding hydrogens is 387 g/mol. The fourth-order valence-electron chi connectivity index (χ4n) is 3.33. The highest BCUT2D eigenvalue weighted by atomic mass is 32.2. The molecule has 1 heterocycles. The van der Waals surface area contributed by atoms with Crippen LogP contribution in [0, 0.1) is 11.7 Å². The van der Waals surface area contributed by atoms with Crippen molar-refractivity contribution in [3.63, 3.8) is 0 Å². The van der Waals surface area contributed by atoms with E-state index in [0.717, 1.165) is 4.31 Å². The van der Waals surface area contributed by atoms with E-state index in [0.29, 0.717) is 24.3 Å². The number of hydroxylamine groups is 1. The Labute approximate surface area is 162 Å². The molecule has 1 aliphatic rings. The number of sulfonamides is 1. The molecule has 2 N–H and O–H groups in total. The largest absolute Gasteiger partial charge is 0.457 e. The summed E-state index contributed by atoms with van der Waals surface area (Å²) in [4.78, 5) is 12.1. The molecule has 0 radical (unpaired) electrons. The monoisotopic (exact) mass is 408 g/mol. The van der Waals surface area contributed by atoms with E-state index in [9.17, 15) is 17.6 Å². The third kappa shape index (κ3) is 4.16. The van der Waals surface area contributed by atoms with Crippen LogP contribution in [0.15, 0.2) is 53.4 Å². The van der Waals surface area contributed by atoms with Crippen molar-refractivity contribution < 1.29 is 27.5 Å². The highest BCUT2D eigenvalue weighted by Crippen LogP contribution is 2.30. The molecule has 150 valence electrons. The third-order valence-corrected chi connectivity index (χ3v) is 6.64. The number of amides is 1. The lowest BCUT2D eigenvalue weighted by Crippen LogP contribution is -2.54. The third-order valence-electron chi connectivity index (χ3n) is 4.75. The lowest BCUT2D eigenvalue weighted by Gasteiger charge is -2.37. The fourth-order valence-corrected chi connectivity index (χ4v) is 5.05. The van der Waals surface area contributed by atoms with Crippen LogP contribution in [-0.2, 0) is 14.8 Å². The average Bonchev–Trinajstić information content (AvgIpc) is 2.69. The first-order valence-electron chi connectivity index (χ1n) is 8.82. The zero-order valence-corrected chi connectivity index (χ0v) is 16.0. The first-order valence-corrected chi connectivity index (χ1v) is 10.3. The molecule has 0 saturated carbocycles. The summed E-state index contributed by atoms with van der Waals surface area (Å²) in [5.74, 6) is -0.543. The Morgan fingerprint density at radius 2 is 1.71 bits per heavy atom. The molecule has 2 aromatic carbocycles. The number of hydrogen-bond donors (Lipinski definition) is 2. The molecule has 7 nitrogen and oxygen atoms in total. The molecule has 0 aliphatic carbocycles. The molecule has 1 aliphatic heterocycles. The van der Waals surface area contributed by atoms with Crippen molar-refractivity contribution >= 4 is 15.9 Å². The Morgan fingerprint density at radius 1 is 1.14 bits per heavy atom. The van der Waals surface area contributed by atoms with Gasteiger partial charge in [-0.05, 0) is 67.3 Å². The number of nitrogens with one attached hydrogen (secondary N) is 1. The first-order chi connectivity index (χ1) is 13.3. The van der Waals surface area contributed by atoms with Gasteiger partial charge in [-0.2, -0.15) is 4.31 Å². The van der Waals surface area contributed by atoms with Crippen molar-refractivity contribution in [3.05, 3.63) is 54.3 Å². The van der Waals surface area contributed by atoms with Crippen LogP contribution in [0.25, 0.3) is 0 Å². The zero-order valence-electron chi connectivity index (χ0n) is 15.2. The summed E-state index contributed by atoms with van der Waals surface area (Å²) in [6.07, 6.45) is 1.32. The van der Waals surface area contributed by atoms with Crippen molar-refractivity contribution in [2.45, 2.75) is 30.7 Å². The van der Waals surface area contributed by atoms with Gasteiger partial charge in [0.05, 0.1) is 4.90 Å². The Morgan fingerprint density at radius 3 is 2.29 bits per heavy atom. The molecule has 0 aromatic heterocycles. The molecule has 28 heavy (non-hydrogen) atoms. The summed E-state index contributed by atoms with van der Waals surface area (Å²) in [5, 5.41) is 8.99. The van der Waals surface area contributed by atoms with Gasteiger partial charge in [-0.15, -0.1) is 0 Å².